The summed E-state index contributed by atoms with van der Waals surface area (Å²) in [6.45, 7) is 0. The highest BCUT2D eigenvalue weighted by atomic mass is 32.2. The number of hydrogen-bond donors (Lipinski definition) is 0. The molecule has 0 radical (unpaired) electrons. The first kappa shape index (κ1) is 12.6. The van der Waals surface area contributed by atoms with E-state index < -0.39 is 6.17 Å². The predicted molar refractivity (Wildman–Crippen MR) is 70.8 cm³/mol. The van der Waals surface area contributed by atoms with E-state index in [2.05, 4.69) is 10.1 Å². The Morgan fingerprint density at radius 2 is 2.21 bits per heavy atom. The van der Waals surface area contributed by atoms with Gasteiger partial charge in [-0.15, -0.1) is 5.10 Å². The van der Waals surface area contributed by atoms with Crippen LogP contribution in [0.25, 0.3) is 0 Å². The van der Waals surface area contributed by atoms with Crippen LogP contribution in [0.5, 0.6) is 0 Å². The van der Waals surface area contributed by atoms with Crippen LogP contribution in [0, 0.1) is 0 Å². The summed E-state index contributed by atoms with van der Waals surface area (Å²) in [4.78, 5) is 4.24. The smallest absolute Gasteiger partial charge is 0.211 e. The fourth-order valence-corrected chi connectivity index (χ4v) is 2.81. The molecule has 0 spiro atoms. The summed E-state index contributed by atoms with van der Waals surface area (Å²) in [7, 11) is 1.61. The van der Waals surface area contributed by atoms with Crippen LogP contribution in [0.3, 0.4) is 0 Å². The minimum absolute atomic E-state index is 0.0596. The SMILES string of the molecule is COCSc1nc2n(n1)C(c1ccccc1)CC2F. The van der Waals surface area contributed by atoms with Gasteiger partial charge in [0.2, 0.25) is 5.16 Å². The zero-order chi connectivity index (χ0) is 13.2. The quantitative estimate of drug-likeness (QED) is 0.637. The largest absolute Gasteiger partial charge is 0.374 e. The lowest BCUT2D eigenvalue weighted by molar-refractivity contribution is 0.258. The molecule has 0 N–H and O–H groups in total. The molecule has 6 heteroatoms. The van der Waals surface area contributed by atoms with E-state index in [0.717, 1.165) is 5.56 Å². The van der Waals surface area contributed by atoms with Crippen LogP contribution in [0.15, 0.2) is 35.5 Å². The van der Waals surface area contributed by atoms with Crippen molar-refractivity contribution >= 4 is 11.8 Å². The number of thioether (sulfide) groups is 1. The molecule has 3 rings (SSSR count). The zero-order valence-electron chi connectivity index (χ0n) is 10.5. The highest BCUT2D eigenvalue weighted by Gasteiger charge is 2.35. The Bertz CT molecular complexity index is 560. The van der Waals surface area contributed by atoms with Crippen molar-refractivity contribution in [1.82, 2.24) is 14.8 Å². The third-order valence-electron chi connectivity index (χ3n) is 3.13. The molecule has 2 unspecified atom stereocenters. The number of fused-ring (bicyclic) bond motifs is 1. The first-order chi connectivity index (χ1) is 9.29. The maximum atomic E-state index is 14.0. The lowest BCUT2D eigenvalue weighted by Crippen LogP contribution is -2.07. The van der Waals surface area contributed by atoms with Gasteiger partial charge in [-0.1, -0.05) is 42.1 Å². The number of rotatable bonds is 4. The average Bonchev–Trinajstić information content (AvgIpc) is 2.98. The molecule has 1 aromatic heterocycles. The third kappa shape index (κ3) is 2.37. The molecule has 100 valence electrons. The van der Waals surface area contributed by atoms with Crippen LogP contribution in [-0.2, 0) is 4.74 Å². The molecular formula is C13H14FN3OS. The summed E-state index contributed by atoms with van der Waals surface area (Å²) < 4.78 is 20.7. The number of halogens is 1. The van der Waals surface area contributed by atoms with Crippen molar-refractivity contribution < 1.29 is 9.13 Å². The molecule has 19 heavy (non-hydrogen) atoms. The molecule has 1 aliphatic heterocycles. The van der Waals surface area contributed by atoms with Crippen LogP contribution >= 0.6 is 11.8 Å². The van der Waals surface area contributed by atoms with Crippen LogP contribution in [0.2, 0.25) is 0 Å². The first-order valence-corrected chi connectivity index (χ1v) is 7.05. The first-order valence-electron chi connectivity index (χ1n) is 6.07. The Hall–Kier alpha value is -1.40. The maximum Gasteiger partial charge on any atom is 0.211 e. The molecule has 2 heterocycles. The van der Waals surface area contributed by atoms with Gasteiger partial charge in [0.05, 0.1) is 12.0 Å². The lowest BCUT2D eigenvalue weighted by atomic mass is 10.0. The van der Waals surface area contributed by atoms with Gasteiger partial charge in [-0.2, -0.15) is 0 Å². The van der Waals surface area contributed by atoms with Crippen LogP contribution in [0.1, 0.15) is 30.0 Å². The monoisotopic (exact) mass is 279 g/mol. The standard InChI is InChI=1S/C13H14FN3OS/c1-18-8-19-13-15-12-10(14)7-11(17(12)16-13)9-5-3-2-4-6-9/h2-6,10-11H,7-8H2,1H3. The van der Waals surface area contributed by atoms with Gasteiger partial charge >= 0.3 is 0 Å². The molecule has 0 bridgehead atoms. The second-order valence-electron chi connectivity index (χ2n) is 4.38. The minimum atomic E-state index is -1.05. The predicted octanol–water partition coefficient (Wildman–Crippen LogP) is 2.98. The van der Waals surface area contributed by atoms with Crippen molar-refractivity contribution in [3.8, 4) is 0 Å². The average molecular weight is 279 g/mol. The van der Waals surface area contributed by atoms with Gasteiger partial charge < -0.3 is 4.74 Å². The Kier molecular flexibility index (Phi) is 3.52. The number of alkyl halides is 1. The fourth-order valence-electron chi connectivity index (χ4n) is 2.28. The number of ether oxygens (including phenoxy) is 1. The summed E-state index contributed by atoms with van der Waals surface area (Å²) in [6.07, 6.45) is -0.635. The summed E-state index contributed by atoms with van der Waals surface area (Å²) in [5.74, 6) is 0.892. The van der Waals surface area contributed by atoms with Gasteiger partial charge in [-0.25, -0.2) is 14.1 Å². The molecule has 1 aliphatic rings. The Balaban J connectivity index is 1.90. The summed E-state index contributed by atoms with van der Waals surface area (Å²) in [5, 5.41) is 4.95. The van der Waals surface area contributed by atoms with Gasteiger partial charge in [0.25, 0.3) is 0 Å². The topological polar surface area (TPSA) is 39.9 Å². The third-order valence-corrected chi connectivity index (χ3v) is 3.92. The van der Waals surface area contributed by atoms with Gasteiger partial charge in [0, 0.05) is 13.5 Å². The molecule has 0 saturated heterocycles. The van der Waals surface area contributed by atoms with E-state index in [4.69, 9.17) is 4.74 Å². The Morgan fingerprint density at radius 1 is 1.42 bits per heavy atom. The normalized spacial score (nSPS) is 21.6. The molecule has 2 atom stereocenters. The van der Waals surface area contributed by atoms with E-state index in [1.165, 1.54) is 11.8 Å². The Labute approximate surface area is 115 Å². The molecule has 2 aromatic rings. The number of methoxy groups -OCH3 is 1. The van der Waals surface area contributed by atoms with Crippen molar-refractivity contribution in [2.45, 2.75) is 23.8 Å². The fraction of sp³-hybridized carbons (Fsp3) is 0.385. The maximum absolute atomic E-state index is 14.0. The molecule has 0 amide bonds. The number of hydrogen-bond acceptors (Lipinski definition) is 4. The van der Waals surface area contributed by atoms with Crippen LogP contribution < -0.4 is 0 Å². The van der Waals surface area contributed by atoms with Gasteiger partial charge in [-0.3, -0.25) is 0 Å². The highest BCUT2D eigenvalue weighted by molar-refractivity contribution is 7.99. The van der Waals surface area contributed by atoms with Crippen molar-refractivity contribution in [1.29, 1.82) is 0 Å². The van der Waals surface area contributed by atoms with Crippen molar-refractivity contribution in [3.63, 3.8) is 0 Å². The highest BCUT2D eigenvalue weighted by Crippen LogP contribution is 2.39. The van der Waals surface area contributed by atoms with E-state index in [1.54, 1.807) is 11.8 Å². The molecule has 0 aliphatic carbocycles. The van der Waals surface area contributed by atoms with Crippen molar-refractivity contribution in [3.05, 3.63) is 41.7 Å². The van der Waals surface area contributed by atoms with E-state index in [-0.39, 0.29) is 6.04 Å². The van der Waals surface area contributed by atoms with Crippen LogP contribution in [-0.4, -0.2) is 27.8 Å². The van der Waals surface area contributed by atoms with E-state index in [9.17, 15) is 4.39 Å². The van der Waals surface area contributed by atoms with Gasteiger partial charge in [0.15, 0.2) is 12.0 Å². The van der Waals surface area contributed by atoms with E-state index >= 15 is 0 Å². The number of nitrogens with zero attached hydrogens (tertiary/aromatic N) is 3. The number of aromatic nitrogens is 3. The Morgan fingerprint density at radius 3 is 2.95 bits per heavy atom. The molecule has 4 nitrogen and oxygen atoms in total. The minimum Gasteiger partial charge on any atom is -0.374 e. The second kappa shape index (κ2) is 5.30. The summed E-state index contributed by atoms with van der Waals surface area (Å²) in [6, 6.07) is 9.80. The summed E-state index contributed by atoms with van der Waals surface area (Å²) in [5.41, 5.74) is 1.07. The van der Waals surface area contributed by atoms with Crippen LogP contribution in [0.4, 0.5) is 4.39 Å². The van der Waals surface area contributed by atoms with Gasteiger partial charge in [0.1, 0.15) is 0 Å². The second-order valence-corrected chi connectivity index (χ2v) is 5.27. The lowest BCUT2D eigenvalue weighted by Gasteiger charge is -2.11. The van der Waals surface area contributed by atoms with E-state index in [0.29, 0.717) is 23.3 Å². The van der Waals surface area contributed by atoms with E-state index in [1.807, 2.05) is 30.3 Å². The molecular weight excluding hydrogens is 265 g/mol. The molecule has 1 aromatic carbocycles. The molecule has 0 fully saturated rings. The van der Waals surface area contributed by atoms with Gasteiger partial charge in [-0.05, 0) is 5.56 Å². The zero-order valence-corrected chi connectivity index (χ0v) is 11.3. The van der Waals surface area contributed by atoms with Crippen molar-refractivity contribution in [2.24, 2.45) is 0 Å². The molecule has 0 saturated carbocycles. The summed E-state index contributed by atoms with van der Waals surface area (Å²) >= 11 is 1.37. The van der Waals surface area contributed by atoms with Crippen molar-refractivity contribution in [2.75, 3.05) is 13.0 Å². The number of benzene rings is 1.